The second-order valence-corrected chi connectivity index (χ2v) is 6.79. The van der Waals surface area contributed by atoms with Crippen LogP contribution in [0, 0.1) is 12.7 Å². The van der Waals surface area contributed by atoms with E-state index in [2.05, 4.69) is 10.3 Å². The summed E-state index contributed by atoms with van der Waals surface area (Å²) in [4.78, 5) is 18.0. The lowest BCUT2D eigenvalue weighted by molar-refractivity contribution is 0.0701. The molecule has 1 aromatic heterocycles. The molecule has 5 nitrogen and oxygen atoms in total. The number of nitrogens with zero attached hydrogens (tertiary/aromatic N) is 2. The number of carbonyl (C=O) groups excluding carboxylic acids is 1. The zero-order valence-electron chi connectivity index (χ0n) is 14.9. The Morgan fingerprint density at radius 3 is 2.76 bits per heavy atom. The van der Waals surface area contributed by atoms with Crippen molar-refractivity contribution in [2.75, 3.05) is 18.4 Å². The topological polar surface area (TPSA) is 54.5 Å². The smallest absolute Gasteiger partial charge is 0.410 e. The number of anilines is 1. The van der Waals surface area contributed by atoms with E-state index in [-0.39, 0.29) is 24.1 Å². The molecule has 0 unspecified atom stereocenters. The number of hydrogen-bond donors (Lipinski definition) is 1. The molecule has 1 saturated heterocycles. The first-order chi connectivity index (χ1) is 11.9. The highest BCUT2D eigenvalue weighted by atomic mass is 19.1. The molecule has 3 rings (SSSR count). The third-order valence-corrected chi connectivity index (χ3v) is 4.37. The fourth-order valence-electron chi connectivity index (χ4n) is 3.16. The maximum atomic E-state index is 14.0. The molecule has 0 radical (unpaired) electrons. The van der Waals surface area contributed by atoms with Crippen LogP contribution in [-0.2, 0) is 4.74 Å². The third-order valence-electron chi connectivity index (χ3n) is 4.37. The van der Waals surface area contributed by atoms with Gasteiger partial charge in [-0.3, -0.25) is 0 Å². The minimum Gasteiger partial charge on any atom is -0.447 e. The molecule has 25 heavy (non-hydrogen) atoms. The highest BCUT2D eigenvalue weighted by Gasteiger charge is 2.24. The summed E-state index contributed by atoms with van der Waals surface area (Å²) >= 11 is 0. The van der Waals surface area contributed by atoms with Gasteiger partial charge in [-0.25, -0.2) is 14.2 Å². The van der Waals surface area contributed by atoms with E-state index in [4.69, 9.17) is 4.74 Å². The number of para-hydroxylation sites is 1. The van der Waals surface area contributed by atoms with Crippen molar-refractivity contribution in [3.8, 4) is 0 Å². The molecular formula is C19H24FN3O2. The molecule has 1 aromatic carbocycles. The summed E-state index contributed by atoms with van der Waals surface area (Å²) in [5.41, 5.74) is 2.06. The van der Waals surface area contributed by atoms with Crippen LogP contribution >= 0.6 is 0 Å². The predicted octanol–water partition coefficient (Wildman–Crippen LogP) is 4.10. The largest absolute Gasteiger partial charge is 0.447 e. The number of rotatable bonds is 3. The quantitative estimate of drug-likeness (QED) is 0.910. The average molecular weight is 345 g/mol. The molecule has 134 valence electrons. The lowest BCUT2D eigenvalue weighted by Gasteiger charge is -2.33. The summed E-state index contributed by atoms with van der Waals surface area (Å²) in [7, 11) is 0. The van der Waals surface area contributed by atoms with Crippen molar-refractivity contribution in [3.63, 3.8) is 0 Å². The number of piperidine rings is 1. The van der Waals surface area contributed by atoms with Crippen LogP contribution in [0.25, 0.3) is 10.9 Å². The average Bonchev–Trinajstić information content (AvgIpc) is 2.56. The van der Waals surface area contributed by atoms with Gasteiger partial charge < -0.3 is 15.0 Å². The number of halogens is 1. The summed E-state index contributed by atoms with van der Waals surface area (Å²) in [6.45, 7) is 6.87. The van der Waals surface area contributed by atoms with Crippen molar-refractivity contribution in [1.82, 2.24) is 9.88 Å². The van der Waals surface area contributed by atoms with E-state index in [1.165, 1.54) is 6.07 Å². The molecule has 2 heterocycles. The Hall–Kier alpha value is -2.37. The maximum Gasteiger partial charge on any atom is 0.410 e. The summed E-state index contributed by atoms with van der Waals surface area (Å²) in [6, 6.07) is 7.18. The number of fused-ring (bicyclic) bond motifs is 1. The molecule has 1 aliphatic heterocycles. The van der Waals surface area contributed by atoms with Crippen molar-refractivity contribution in [1.29, 1.82) is 0 Å². The first-order valence-electron chi connectivity index (χ1n) is 8.72. The minimum atomic E-state index is -0.310. The van der Waals surface area contributed by atoms with Crippen molar-refractivity contribution >= 4 is 22.7 Å². The number of carbonyl (C=O) groups is 1. The Morgan fingerprint density at radius 1 is 1.36 bits per heavy atom. The molecule has 0 spiro atoms. The summed E-state index contributed by atoms with van der Waals surface area (Å²) in [6.07, 6.45) is 1.29. The van der Waals surface area contributed by atoms with Crippen LogP contribution in [0.1, 0.15) is 32.4 Å². The van der Waals surface area contributed by atoms with Crippen LogP contribution in [0.3, 0.4) is 0 Å². The van der Waals surface area contributed by atoms with Crippen molar-refractivity contribution in [2.45, 2.75) is 45.8 Å². The molecule has 6 heteroatoms. The van der Waals surface area contributed by atoms with E-state index in [1.807, 2.05) is 32.9 Å². The zero-order chi connectivity index (χ0) is 18.0. The lowest BCUT2D eigenvalue weighted by Crippen LogP contribution is -2.43. The van der Waals surface area contributed by atoms with Gasteiger partial charge in [-0.2, -0.15) is 0 Å². The van der Waals surface area contributed by atoms with Gasteiger partial charge >= 0.3 is 6.09 Å². The molecule has 0 atom stereocenters. The standard InChI is InChI=1S/C19H24FN3O2/c1-12(2)25-19(24)23-9-7-14(8-10-23)22-17-11-13(3)21-18-15(17)5-4-6-16(18)20/h4-6,11-12,14H,7-10H2,1-3H3,(H,21,22). The Labute approximate surface area is 147 Å². The Balaban J connectivity index is 1.70. The number of hydrogen-bond acceptors (Lipinski definition) is 4. The van der Waals surface area contributed by atoms with Crippen LogP contribution in [0.15, 0.2) is 24.3 Å². The number of benzene rings is 1. The third kappa shape index (κ3) is 4.00. The summed E-state index contributed by atoms with van der Waals surface area (Å²) in [5.74, 6) is -0.310. The number of aromatic nitrogens is 1. The van der Waals surface area contributed by atoms with Gasteiger partial charge in [-0.15, -0.1) is 0 Å². The maximum absolute atomic E-state index is 14.0. The monoisotopic (exact) mass is 345 g/mol. The molecule has 0 aliphatic carbocycles. The van der Waals surface area contributed by atoms with Crippen LogP contribution in [-0.4, -0.2) is 41.2 Å². The Bertz CT molecular complexity index is 771. The van der Waals surface area contributed by atoms with Gasteiger partial charge in [0.15, 0.2) is 0 Å². The molecule has 2 aromatic rings. The molecule has 0 bridgehead atoms. The SMILES string of the molecule is Cc1cc(NC2CCN(C(=O)OC(C)C)CC2)c2cccc(F)c2n1. The van der Waals surface area contributed by atoms with Gasteiger partial charge in [-0.05, 0) is 45.7 Å². The van der Waals surface area contributed by atoms with Gasteiger partial charge in [0.05, 0.1) is 6.10 Å². The molecular weight excluding hydrogens is 321 g/mol. The van der Waals surface area contributed by atoms with Gasteiger partial charge in [0.25, 0.3) is 0 Å². The first-order valence-corrected chi connectivity index (χ1v) is 8.72. The zero-order valence-corrected chi connectivity index (χ0v) is 14.9. The highest BCUT2D eigenvalue weighted by Crippen LogP contribution is 2.27. The fourth-order valence-corrected chi connectivity index (χ4v) is 3.16. The number of pyridine rings is 1. The highest BCUT2D eigenvalue weighted by molar-refractivity contribution is 5.91. The molecule has 1 fully saturated rings. The Kier molecular flexibility index (Phi) is 5.06. The fraction of sp³-hybridized carbons (Fsp3) is 0.474. The van der Waals surface area contributed by atoms with Gasteiger partial charge in [0.1, 0.15) is 11.3 Å². The lowest BCUT2D eigenvalue weighted by atomic mass is 10.0. The molecule has 0 saturated carbocycles. The number of aryl methyl sites for hydroxylation is 1. The van der Waals surface area contributed by atoms with E-state index in [0.29, 0.717) is 18.6 Å². The molecule has 1 N–H and O–H groups in total. The van der Waals surface area contributed by atoms with Crippen molar-refractivity contribution < 1.29 is 13.9 Å². The van der Waals surface area contributed by atoms with Gasteiger partial charge in [0, 0.05) is 35.9 Å². The van der Waals surface area contributed by atoms with Crippen LogP contribution in [0.2, 0.25) is 0 Å². The van der Waals surface area contributed by atoms with E-state index in [0.717, 1.165) is 29.6 Å². The number of likely N-dealkylation sites (tertiary alicyclic amines) is 1. The number of amides is 1. The van der Waals surface area contributed by atoms with Crippen molar-refractivity contribution in [3.05, 3.63) is 35.8 Å². The van der Waals surface area contributed by atoms with Gasteiger partial charge in [0.2, 0.25) is 0 Å². The second-order valence-electron chi connectivity index (χ2n) is 6.79. The molecule has 1 aliphatic rings. The normalized spacial score (nSPS) is 15.6. The minimum absolute atomic E-state index is 0.107. The van der Waals surface area contributed by atoms with Crippen LogP contribution in [0.5, 0.6) is 0 Å². The Morgan fingerprint density at radius 2 is 2.08 bits per heavy atom. The summed E-state index contributed by atoms with van der Waals surface area (Å²) in [5, 5.41) is 4.29. The van der Waals surface area contributed by atoms with Crippen molar-refractivity contribution in [2.24, 2.45) is 0 Å². The van der Waals surface area contributed by atoms with E-state index in [1.54, 1.807) is 11.0 Å². The van der Waals surface area contributed by atoms with Gasteiger partial charge in [-0.1, -0.05) is 12.1 Å². The van der Waals surface area contributed by atoms with Crippen LogP contribution < -0.4 is 5.32 Å². The van der Waals surface area contributed by atoms with E-state index < -0.39 is 0 Å². The second kappa shape index (κ2) is 7.25. The van der Waals surface area contributed by atoms with E-state index >= 15 is 0 Å². The van der Waals surface area contributed by atoms with E-state index in [9.17, 15) is 9.18 Å². The number of nitrogens with one attached hydrogen (secondary N) is 1. The first kappa shape index (κ1) is 17.5. The predicted molar refractivity (Wildman–Crippen MR) is 96.3 cm³/mol. The van der Waals surface area contributed by atoms with Crippen LogP contribution in [0.4, 0.5) is 14.9 Å². The summed E-state index contributed by atoms with van der Waals surface area (Å²) < 4.78 is 19.3. The number of ether oxygens (including phenoxy) is 1. The molecule has 1 amide bonds.